The zero-order valence-corrected chi connectivity index (χ0v) is 12.4. The van der Waals surface area contributed by atoms with Gasteiger partial charge in [-0.2, -0.15) is 5.21 Å². The highest BCUT2D eigenvalue weighted by Gasteiger charge is 2.13. The highest BCUT2D eigenvalue weighted by atomic mass is 35.5. The van der Waals surface area contributed by atoms with Crippen LogP contribution in [0.1, 0.15) is 10.5 Å². The quantitative estimate of drug-likeness (QED) is 0.767. The van der Waals surface area contributed by atoms with Crippen LogP contribution in [0.3, 0.4) is 0 Å². The Morgan fingerprint density at radius 3 is 2.55 bits per heavy atom. The average molecular weight is 335 g/mol. The molecule has 0 atom stereocenters. The van der Waals surface area contributed by atoms with Gasteiger partial charge in [0.2, 0.25) is 0 Å². The first kappa shape index (κ1) is 14.4. The minimum absolute atomic E-state index is 0.0554. The summed E-state index contributed by atoms with van der Waals surface area (Å²) in [6.07, 6.45) is 0. The third-order valence-corrected chi connectivity index (χ3v) is 3.20. The van der Waals surface area contributed by atoms with E-state index in [0.29, 0.717) is 15.7 Å². The number of carbonyl (C=O) groups is 1. The molecular weight excluding hydrogens is 327 g/mol. The number of carbonyl (C=O) groups excluding carboxylic acids is 1. The van der Waals surface area contributed by atoms with E-state index in [2.05, 4.69) is 30.9 Å². The maximum atomic E-state index is 12.1. The Morgan fingerprint density at radius 2 is 1.86 bits per heavy atom. The molecule has 0 aliphatic heterocycles. The van der Waals surface area contributed by atoms with Crippen molar-refractivity contribution in [3.05, 3.63) is 52.1 Å². The topological polar surface area (TPSA) is 96.5 Å². The molecule has 3 aromatic rings. The van der Waals surface area contributed by atoms with Crippen LogP contribution in [0.15, 0.2) is 36.4 Å². The minimum Gasteiger partial charge on any atom is -0.286 e. The minimum atomic E-state index is -0.487. The van der Waals surface area contributed by atoms with Crippen molar-refractivity contribution in [2.75, 3.05) is 5.32 Å². The second-order valence-corrected chi connectivity index (χ2v) is 5.13. The van der Waals surface area contributed by atoms with Gasteiger partial charge in [-0.15, -0.1) is 5.10 Å². The number of nitrogens with one attached hydrogen (secondary N) is 2. The van der Waals surface area contributed by atoms with Crippen molar-refractivity contribution in [1.29, 1.82) is 0 Å². The van der Waals surface area contributed by atoms with E-state index >= 15 is 0 Å². The number of halogens is 2. The maximum absolute atomic E-state index is 12.1. The Bertz CT molecular complexity index is 804. The summed E-state index contributed by atoms with van der Waals surface area (Å²) in [7, 11) is 0. The van der Waals surface area contributed by atoms with Crippen molar-refractivity contribution >= 4 is 35.1 Å². The van der Waals surface area contributed by atoms with Crippen LogP contribution in [0.25, 0.3) is 11.3 Å². The van der Waals surface area contributed by atoms with Crippen LogP contribution in [0.4, 0.5) is 5.95 Å². The number of hydrogen-bond acceptors (Lipinski definition) is 5. The summed E-state index contributed by atoms with van der Waals surface area (Å²) < 4.78 is 0. The fourth-order valence-electron chi connectivity index (χ4n) is 1.76. The van der Waals surface area contributed by atoms with Gasteiger partial charge < -0.3 is 0 Å². The Hall–Kier alpha value is -2.51. The first-order valence-corrected chi connectivity index (χ1v) is 6.86. The molecule has 0 aliphatic carbocycles. The molecular formula is C13H8Cl2N6O. The zero-order valence-electron chi connectivity index (χ0n) is 10.9. The van der Waals surface area contributed by atoms with Gasteiger partial charge in [0.05, 0.1) is 5.69 Å². The summed E-state index contributed by atoms with van der Waals surface area (Å²) in [5.41, 5.74) is 1.49. The molecule has 0 bridgehead atoms. The second-order valence-electron chi connectivity index (χ2n) is 4.25. The molecule has 0 spiro atoms. The lowest BCUT2D eigenvalue weighted by Gasteiger charge is -2.06. The van der Waals surface area contributed by atoms with E-state index in [4.69, 9.17) is 23.2 Å². The lowest BCUT2D eigenvalue weighted by Crippen LogP contribution is -2.15. The lowest BCUT2D eigenvalue weighted by atomic mass is 10.1. The average Bonchev–Trinajstić information content (AvgIpc) is 3.00. The summed E-state index contributed by atoms with van der Waals surface area (Å²) in [4.78, 5) is 16.4. The number of H-pyrrole nitrogens is 1. The third-order valence-electron chi connectivity index (χ3n) is 2.73. The van der Waals surface area contributed by atoms with E-state index < -0.39 is 5.91 Å². The molecule has 3 rings (SSSR count). The monoisotopic (exact) mass is 334 g/mol. The molecule has 0 saturated heterocycles. The smallest absolute Gasteiger partial charge is 0.276 e. The van der Waals surface area contributed by atoms with Crippen LogP contribution in [-0.4, -0.2) is 31.5 Å². The van der Waals surface area contributed by atoms with Gasteiger partial charge in [0, 0.05) is 15.6 Å². The molecule has 110 valence electrons. The summed E-state index contributed by atoms with van der Waals surface area (Å²) in [5.74, 6) is -0.432. The molecule has 1 amide bonds. The van der Waals surface area contributed by atoms with Gasteiger partial charge >= 0.3 is 0 Å². The van der Waals surface area contributed by atoms with E-state index in [9.17, 15) is 4.79 Å². The van der Waals surface area contributed by atoms with E-state index in [-0.39, 0.29) is 11.6 Å². The Morgan fingerprint density at radius 1 is 1.09 bits per heavy atom. The van der Waals surface area contributed by atoms with Crippen molar-refractivity contribution in [2.24, 2.45) is 0 Å². The first-order valence-electron chi connectivity index (χ1n) is 6.10. The van der Waals surface area contributed by atoms with Gasteiger partial charge in [-0.3, -0.25) is 10.1 Å². The summed E-state index contributed by atoms with van der Waals surface area (Å²) >= 11 is 11.9. The van der Waals surface area contributed by atoms with Gasteiger partial charge in [0.25, 0.3) is 11.9 Å². The van der Waals surface area contributed by atoms with Gasteiger partial charge in [-0.05, 0) is 29.5 Å². The number of pyridine rings is 1. The number of aromatic nitrogens is 5. The number of amides is 1. The van der Waals surface area contributed by atoms with Crippen molar-refractivity contribution in [1.82, 2.24) is 25.6 Å². The summed E-state index contributed by atoms with van der Waals surface area (Å²) in [5, 5.41) is 16.3. The number of nitrogens with zero attached hydrogens (tertiary/aromatic N) is 4. The standard InChI is InChI=1S/C13H8Cl2N6O/c14-8-3-1-7(2-4-8)10-5-9(15)6-11(16-10)12(22)17-13-18-20-21-19-13/h1-6H,(H2,17,18,19,20,21,22). The molecule has 2 aromatic heterocycles. The number of rotatable bonds is 3. The SMILES string of the molecule is O=C(Nc1nn[nH]n1)c1cc(Cl)cc(-c2ccc(Cl)cc2)n1. The van der Waals surface area contributed by atoms with Gasteiger partial charge in [-0.25, -0.2) is 4.98 Å². The molecule has 0 fully saturated rings. The number of aromatic amines is 1. The van der Waals surface area contributed by atoms with E-state index in [1.165, 1.54) is 6.07 Å². The molecule has 2 N–H and O–H groups in total. The Balaban J connectivity index is 1.92. The van der Waals surface area contributed by atoms with Gasteiger partial charge in [0.1, 0.15) is 5.69 Å². The van der Waals surface area contributed by atoms with Crippen LogP contribution in [0.2, 0.25) is 10.0 Å². The third kappa shape index (κ3) is 3.21. The largest absolute Gasteiger partial charge is 0.286 e. The highest BCUT2D eigenvalue weighted by Crippen LogP contribution is 2.23. The maximum Gasteiger partial charge on any atom is 0.276 e. The van der Waals surface area contributed by atoms with Gasteiger partial charge in [0.15, 0.2) is 0 Å². The van der Waals surface area contributed by atoms with Gasteiger partial charge in [-0.1, -0.05) is 40.4 Å². The van der Waals surface area contributed by atoms with Crippen molar-refractivity contribution in [3.63, 3.8) is 0 Å². The fourth-order valence-corrected chi connectivity index (χ4v) is 2.10. The summed E-state index contributed by atoms with van der Waals surface area (Å²) in [6.45, 7) is 0. The van der Waals surface area contributed by atoms with Crippen LogP contribution in [0, 0.1) is 0 Å². The molecule has 0 aliphatic rings. The number of tetrazole rings is 1. The van der Waals surface area contributed by atoms with Crippen molar-refractivity contribution in [3.8, 4) is 11.3 Å². The molecule has 7 nitrogen and oxygen atoms in total. The predicted molar refractivity (Wildman–Crippen MR) is 81.8 cm³/mol. The van der Waals surface area contributed by atoms with E-state index in [1.807, 2.05) is 0 Å². The lowest BCUT2D eigenvalue weighted by molar-refractivity contribution is 0.102. The normalized spacial score (nSPS) is 10.5. The zero-order chi connectivity index (χ0) is 15.5. The highest BCUT2D eigenvalue weighted by molar-refractivity contribution is 6.31. The number of benzene rings is 1. The summed E-state index contributed by atoms with van der Waals surface area (Å²) in [6, 6.07) is 10.2. The number of anilines is 1. The predicted octanol–water partition coefficient (Wildman–Crippen LogP) is 2.82. The molecule has 9 heteroatoms. The molecule has 2 heterocycles. The molecule has 0 saturated carbocycles. The van der Waals surface area contributed by atoms with Crippen LogP contribution < -0.4 is 5.32 Å². The van der Waals surface area contributed by atoms with Crippen LogP contribution in [0.5, 0.6) is 0 Å². The van der Waals surface area contributed by atoms with E-state index in [0.717, 1.165) is 5.56 Å². The van der Waals surface area contributed by atoms with Crippen LogP contribution >= 0.6 is 23.2 Å². The Labute approximate surface area is 134 Å². The molecule has 1 aromatic carbocycles. The second kappa shape index (κ2) is 6.08. The van der Waals surface area contributed by atoms with Crippen LogP contribution in [-0.2, 0) is 0 Å². The molecule has 0 unspecified atom stereocenters. The Kier molecular flexibility index (Phi) is 3.99. The van der Waals surface area contributed by atoms with Crippen molar-refractivity contribution < 1.29 is 4.79 Å². The van der Waals surface area contributed by atoms with Crippen molar-refractivity contribution in [2.45, 2.75) is 0 Å². The molecule has 0 radical (unpaired) electrons. The first-order chi connectivity index (χ1) is 10.6. The fraction of sp³-hybridized carbons (Fsp3) is 0. The van der Waals surface area contributed by atoms with E-state index in [1.54, 1.807) is 30.3 Å². The molecule has 22 heavy (non-hydrogen) atoms. The number of hydrogen-bond donors (Lipinski definition) is 2.